The average molecular weight is 435 g/mol. The maximum absolute atomic E-state index is 13.1. The van der Waals surface area contributed by atoms with Crippen molar-refractivity contribution in [2.24, 2.45) is 5.92 Å². The van der Waals surface area contributed by atoms with Crippen molar-refractivity contribution in [3.63, 3.8) is 0 Å². The van der Waals surface area contributed by atoms with E-state index in [1.54, 1.807) is 4.90 Å². The number of nitrogens with zero attached hydrogens (tertiary/aromatic N) is 3. The Morgan fingerprint density at radius 3 is 2.34 bits per heavy atom. The van der Waals surface area contributed by atoms with Gasteiger partial charge in [0.05, 0.1) is 11.4 Å². The second-order valence-corrected chi connectivity index (χ2v) is 8.19. The summed E-state index contributed by atoms with van der Waals surface area (Å²) >= 11 is 0. The van der Waals surface area contributed by atoms with Gasteiger partial charge in [0.25, 0.3) is 5.91 Å². The number of piperidine rings is 1. The van der Waals surface area contributed by atoms with Crippen LogP contribution in [0, 0.1) is 25.6 Å². The quantitative estimate of drug-likeness (QED) is 0.664. The first-order valence-corrected chi connectivity index (χ1v) is 10.9. The van der Waals surface area contributed by atoms with Gasteiger partial charge in [0, 0.05) is 42.4 Å². The number of aromatic nitrogens is 2. The maximum atomic E-state index is 13.1. The molecule has 32 heavy (non-hydrogen) atoms. The van der Waals surface area contributed by atoms with E-state index in [0.29, 0.717) is 38.0 Å². The average Bonchev–Trinajstić information content (AvgIpc) is 3.11. The van der Waals surface area contributed by atoms with Crippen LogP contribution in [0.15, 0.2) is 54.6 Å². The van der Waals surface area contributed by atoms with Gasteiger partial charge in [-0.1, -0.05) is 18.2 Å². The Labute approximate surface area is 187 Å². The van der Waals surface area contributed by atoms with Gasteiger partial charge >= 0.3 is 0 Å². The molecule has 7 heteroatoms. The van der Waals surface area contributed by atoms with E-state index >= 15 is 0 Å². The van der Waals surface area contributed by atoms with Gasteiger partial charge in [0.2, 0.25) is 5.91 Å². The molecule has 0 atom stereocenters. The van der Waals surface area contributed by atoms with E-state index < -0.39 is 0 Å². The fourth-order valence-corrected chi connectivity index (χ4v) is 4.19. The summed E-state index contributed by atoms with van der Waals surface area (Å²) in [6.07, 6.45) is 1.22. The molecule has 6 nitrogen and oxygen atoms in total. The number of hydrogen-bond acceptors (Lipinski definition) is 3. The number of benzene rings is 2. The predicted octanol–water partition coefficient (Wildman–Crippen LogP) is 3.80. The van der Waals surface area contributed by atoms with Gasteiger partial charge < -0.3 is 10.2 Å². The minimum Gasteiger partial charge on any atom is -0.352 e. The van der Waals surface area contributed by atoms with Crippen LogP contribution in [-0.2, 0) is 11.3 Å². The molecule has 1 aromatic heterocycles. The van der Waals surface area contributed by atoms with Crippen molar-refractivity contribution in [2.45, 2.75) is 33.2 Å². The van der Waals surface area contributed by atoms with Crippen molar-refractivity contribution >= 4 is 11.8 Å². The van der Waals surface area contributed by atoms with Gasteiger partial charge in [-0.3, -0.25) is 9.59 Å². The summed E-state index contributed by atoms with van der Waals surface area (Å²) in [7, 11) is 0. The highest BCUT2D eigenvalue weighted by atomic mass is 19.1. The van der Waals surface area contributed by atoms with Crippen molar-refractivity contribution in [3.05, 3.63) is 82.9 Å². The SMILES string of the molecule is Cc1nn(-c2ccccc2)c(C)c1CNC(=O)C1CCN(C(=O)c2ccc(F)cc2)CC1. The minimum atomic E-state index is -0.364. The Hall–Kier alpha value is -3.48. The highest BCUT2D eigenvalue weighted by Gasteiger charge is 2.28. The molecule has 1 saturated heterocycles. The van der Waals surface area contributed by atoms with Crippen molar-refractivity contribution in [2.75, 3.05) is 13.1 Å². The zero-order chi connectivity index (χ0) is 22.7. The molecule has 4 rings (SSSR count). The number of rotatable bonds is 5. The molecule has 0 bridgehead atoms. The van der Waals surface area contributed by atoms with Gasteiger partial charge in [-0.2, -0.15) is 5.10 Å². The van der Waals surface area contributed by atoms with Crippen LogP contribution in [0.25, 0.3) is 5.69 Å². The predicted molar refractivity (Wildman–Crippen MR) is 120 cm³/mol. The van der Waals surface area contributed by atoms with Gasteiger partial charge in [0.15, 0.2) is 0 Å². The largest absolute Gasteiger partial charge is 0.352 e. The molecule has 1 N–H and O–H groups in total. The molecule has 0 aliphatic carbocycles. The van der Waals surface area contributed by atoms with Crippen molar-refractivity contribution in [3.8, 4) is 5.69 Å². The third-order valence-corrected chi connectivity index (χ3v) is 6.13. The highest BCUT2D eigenvalue weighted by Crippen LogP contribution is 2.21. The summed E-state index contributed by atoms with van der Waals surface area (Å²) in [5, 5.41) is 7.69. The van der Waals surface area contributed by atoms with Crippen LogP contribution in [0.3, 0.4) is 0 Å². The lowest BCUT2D eigenvalue weighted by Crippen LogP contribution is -2.43. The third kappa shape index (κ3) is 4.56. The van der Waals surface area contributed by atoms with Crippen molar-refractivity contribution in [1.82, 2.24) is 20.0 Å². The van der Waals surface area contributed by atoms with E-state index in [0.717, 1.165) is 22.6 Å². The monoisotopic (exact) mass is 434 g/mol. The minimum absolute atomic E-state index is 0.00476. The van der Waals surface area contributed by atoms with Crippen LogP contribution in [0.1, 0.15) is 40.2 Å². The number of carbonyl (C=O) groups is 2. The van der Waals surface area contributed by atoms with Crippen LogP contribution < -0.4 is 5.32 Å². The van der Waals surface area contributed by atoms with E-state index in [9.17, 15) is 14.0 Å². The van der Waals surface area contributed by atoms with Crippen molar-refractivity contribution < 1.29 is 14.0 Å². The Balaban J connectivity index is 1.33. The second-order valence-electron chi connectivity index (χ2n) is 8.19. The Morgan fingerprint density at radius 1 is 1.03 bits per heavy atom. The Bertz CT molecular complexity index is 1100. The number of carbonyl (C=O) groups excluding carboxylic acids is 2. The number of amides is 2. The summed E-state index contributed by atoms with van der Waals surface area (Å²) in [5.41, 5.74) is 4.38. The standard InChI is InChI=1S/C25H27FN4O2/c1-17-23(18(2)30(28-17)22-6-4-3-5-7-22)16-27-24(31)19-12-14-29(15-13-19)25(32)20-8-10-21(26)11-9-20/h3-11,19H,12-16H2,1-2H3,(H,27,31). The lowest BCUT2D eigenvalue weighted by Gasteiger charge is -2.31. The second kappa shape index (κ2) is 9.34. The van der Waals surface area contributed by atoms with Crippen LogP contribution >= 0.6 is 0 Å². The molecule has 0 radical (unpaired) electrons. The number of aryl methyl sites for hydroxylation is 1. The van der Waals surface area contributed by atoms with E-state index in [-0.39, 0.29) is 23.5 Å². The molecular weight excluding hydrogens is 407 g/mol. The van der Waals surface area contributed by atoms with Crippen LogP contribution in [0.5, 0.6) is 0 Å². The number of nitrogens with one attached hydrogen (secondary N) is 1. The number of halogens is 1. The van der Waals surface area contributed by atoms with Crippen LogP contribution in [0.2, 0.25) is 0 Å². The van der Waals surface area contributed by atoms with E-state index in [1.807, 2.05) is 48.9 Å². The van der Waals surface area contributed by atoms with E-state index in [1.165, 1.54) is 24.3 Å². The molecular formula is C25H27FN4O2. The molecule has 1 aliphatic rings. The molecule has 1 aliphatic heterocycles. The fourth-order valence-electron chi connectivity index (χ4n) is 4.19. The van der Waals surface area contributed by atoms with Crippen LogP contribution in [-0.4, -0.2) is 39.6 Å². The number of hydrogen-bond donors (Lipinski definition) is 1. The molecule has 0 saturated carbocycles. The summed E-state index contributed by atoms with van der Waals surface area (Å²) in [6.45, 7) is 5.41. The summed E-state index contributed by atoms with van der Waals surface area (Å²) in [6, 6.07) is 15.5. The lowest BCUT2D eigenvalue weighted by atomic mass is 9.95. The molecule has 2 amide bonds. The molecule has 3 aromatic rings. The third-order valence-electron chi connectivity index (χ3n) is 6.13. The smallest absolute Gasteiger partial charge is 0.253 e. The van der Waals surface area contributed by atoms with Gasteiger partial charge in [-0.15, -0.1) is 0 Å². The normalized spacial score (nSPS) is 14.4. The van der Waals surface area contributed by atoms with Gasteiger partial charge in [0.1, 0.15) is 5.82 Å². The summed E-state index contributed by atoms with van der Waals surface area (Å²) < 4.78 is 15.0. The first-order chi connectivity index (χ1) is 15.4. The maximum Gasteiger partial charge on any atom is 0.253 e. The van der Waals surface area contributed by atoms with Crippen molar-refractivity contribution in [1.29, 1.82) is 0 Å². The highest BCUT2D eigenvalue weighted by molar-refractivity contribution is 5.94. The molecule has 166 valence electrons. The Morgan fingerprint density at radius 2 is 1.69 bits per heavy atom. The first kappa shape index (κ1) is 21.7. The summed E-state index contributed by atoms with van der Waals surface area (Å²) in [4.78, 5) is 27.1. The van der Waals surface area contributed by atoms with Gasteiger partial charge in [-0.25, -0.2) is 9.07 Å². The van der Waals surface area contributed by atoms with Gasteiger partial charge in [-0.05, 0) is 63.1 Å². The topological polar surface area (TPSA) is 67.2 Å². The molecule has 2 heterocycles. The zero-order valence-corrected chi connectivity index (χ0v) is 18.3. The number of para-hydroxylation sites is 1. The van der Waals surface area contributed by atoms with Crippen LogP contribution in [0.4, 0.5) is 4.39 Å². The lowest BCUT2D eigenvalue weighted by molar-refractivity contribution is -0.126. The summed E-state index contributed by atoms with van der Waals surface area (Å²) in [5.74, 6) is -0.609. The number of likely N-dealkylation sites (tertiary alicyclic amines) is 1. The zero-order valence-electron chi connectivity index (χ0n) is 18.3. The van der Waals surface area contributed by atoms with E-state index in [2.05, 4.69) is 10.4 Å². The first-order valence-electron chi connectivity index (χ1n) is 10.9. The molecule has 2 aromatic carbocycles. The molecule has 1 fully saturated rings. The Kier molecular flexibility index (Phi) is 6.35. The molecule has 0 spiro atoms. The van der Waals surface area contributed by atoms with E-state index in [4.69, 9.17) is 0 Å². The molecule has 0 unspecified atom stereocenters. The fraction of sp³-hybridized carbons (Fsp3) is 0.320.